The molecule has 2 N–H and O–H groups in total. The molecule has 0 aliphatic rings. The summed E-state index contributed by atoms with van der Waals surface area (Å²) in [7, 11) is 0. The lowest BCUT2D eigenvalue weighted by atomic mass is 10.00. The van der Waals surface area contributed by atoms with Crippen molar-refractivity contribution in [3.63, 3.8) is 0 Å². The van der Waals surface area contributed by atoms with Gasteiger partial charge in [0.2, 0.25) is 0 Å². The summed E-state index contributed by atoms with van der Waals surface area (Å²) in [5.74, 6) is -0.734. The fourth-order valence-electron chi connectivity index (χ4n) is 2.90. The molecule has 3 aromatic rings. The first-order chi connectivity index (χ1) is 12.5. The fraction of sp³-hybridized carbons (Fsp3) is 0.286. The van der Waals surface area contributed by atoms with Crippen molar-refractivity contribution in [2.45, 2.75) is 33.8 Å². The van der Waals surface area contributed by atoms with Crippen molar-refractivity contribution >= 4 is 16.9 Å². The molecule has 1 atom stereocenters. The Morgan fingerprint density at radius 3 is 2.42 bits per heavy atom. The van der Waals surface area contributed by atoms with Gasteiger partial charge >= 0.3 is 5.97 Å². The molecule has 1 heterocycles. The Balaban J connectivity index is 0.00000117. The molecule has 1 unspecified atom stereocenters. The molecule has 0 fully saturated rings. The second-order valence-corrected chi connectivity index (χ2v) is 5.62. The summed E-state index contributed by atoms with van der Waals surface area (Å²) < 4.78 is 5.97. The molecule has 0 aliphatic heterocycles. The van der Waals surface area contributed by atoms with Crippen molar-refractivity contribution in [2.24, 2.45) is 0 Å². The normalized spacial score (nSPS) is 11.6. The van der Waals surface area contributed by atoms with Crippen LogP contribution in [0.2, 0.25) is 0 Å². The van der Waals surface area contributed by atoms with Crippen molar-refractivity contribution in [1.82, 2.24) is 4.73 Å². The Kier molecular flexibility index (Phi) is 6.41. The second kappa shape index (κ2) is 8.54. The molecule has 0 saturated heterocycles. The summed E-state index contributed by atoms with van der Waals surface area (Å²) in [6.45, 7) is 7.77. The Morgan fingerprint density at radius 2 is 1.81 bits per heavy atom. The number of benzene rings is 2. The van der Waals surface area contributed by atoms with Crippen LogP contribution in [0, 0.1) is 6.92 Å². The van der Waals surface area contributed by atoms with E-state index in [0.717, 1.165) is 10.3 Å². The van der Waals surface area contributed by atoms with Gasteiger partial charge in [0.25, 0.3) is 0 Å². The number of aliphatic hydroxyl groups excluding tert-OH is 1. The zero-order valence-corrected chi connectivity index (χ0v) is 15.6. The van der Waals surface area contributed by atoms with Gasteiger partial charge in [0.15, 0.2) is 6.10 Å². The number of aryl methyl sites for hydroxylation is 1. The Labute approximate surface area is 153 Å². The van der Waals surface area contributed by atoms with Gasteiger partial charge in [0.1, 0.15) is 0 Å². The molecule has 0 spiro atoms. The van der Waals surface area contributed by atoms with Crippen molar-refractivity contribution in [3.8, 4) is 11.3 Å². The number of carbonyl (C=O) groups is 1. The van der Waals surface area contributed by atoms with E-state index in [1.54, 1.807) is 13.0 Å². The average molecular weight is 355 g/mol. The largest absolute Gasteiger partial charge is 0.464 e. The standard InChI is InChI=1S/C19H19NO4.C2H6/c1-3-24-19(22)18(21)16-14-10-9-12(2)11-15(14)20(23)17(16)13-7-5-4-6-8-13;1-2/h4-11,18,21,23H,3H2,1-2H3;1-2H3. The van der Waals surface area contributed by atoms with E-state index in [-0.39, 0.29) is 6.61 Å². The quantitative estimate of drug-likeness (QED) is 0.535. The van der Waals surface area contributed by atoms with Crippen LogP contribution in [0.4, 0.5) is 0 Å². The fourth-order valence-corrected chi connectivity index (χ4v) is 2.90. The van der Waals surface area contributed by atoms with Crippen LogP contribution < -0.4 is 0 Å². The molecule has 0 saturated carbocycles. The molecule has 26 heavy (non-hydrogen) atoms. The summed E-state index contributed by atoms with van der Waals surface area (Å²) in [6, 6.07) is 14.6. The van der Waals surface area contributed by atoms with E-state index in [4.69, 9.17) is 4.74 Å². The highest BCUT2D eigenvalue weighted by atomic mass is 16.5. The van der Waals surface area contributed by atoms with Crippen LogP contribution in [0.15, 0.2) is 48.5 Å². The number of esters is 1. The number of ether oxygens (including phenoxy) is 1. The predicted octanol–water partition coefficient (Wildman–Crippen LogP) is 4.48. The van der Waals surface area contributed by atoms with Crippen LogP contribution in [0.5, 0.6) is 0 Å². The van der Waals surface area contributed by atoms with Gasteiger partial charge in [-0.2, -0.15) is 4.73 Å². The molecule has 5 nitrogen and oxygen atoms in total. The third kappa shape index (κ3) is 3.58. The molecular formula is C21H25NO4. The van der Waals surface area contributed by atoms with E-state index in [1.165, 1.54) is 0 Å². The topological polar surface area (TPSA) is 71.7 Å². The lowest BCUT2D eigenvalue weighted by Crippen LogP contribution is -2.16. The zero-order valence-electron chi connectivity index (χ0n) is 15.6. The minimum absolute atomic E-state index is 0.174. The molecule has 1 aromatic heterocycles. The highest BCUT2D eigenvalue weighted by Crippen LogP contribution is 2.37. The van der Waals surface area contributed by atoms with Crippen LogP contribution in [0.25, 0.3) is 22.2 Å². The van der Waals surface area contributed by atoms with E-state index < -0.39 is 12.1 Å². The van der Waals surface area contributed by atoms with Gasteiger partial charge in [-0.15, -0.1) is 0 Å². The summed E-state index contributed by atoms with van der Waals surface area (Å²) in [4.78, 5) is 12.1. The summed E-state index contributed by atoms with van der Waals surface area (Å²) in [5.41, 5.74) is 2.93. The molecule has 2 aromatic carbocycles. The van der Waals surface area contributed by atoms with E-state index in [1.807, 2.05) is 63.2 Å². The van der Waals surface area contributed by atoms with Gasteiger partial charge < -0.3 is 15.1 Å². The van der Waals surface area contributed by atoms with Crippen LogP contribution in [0.3, 0.4) is 0 Å². The van der Waals surface area contributed by atoms with E-state index in [0.29, 0.717) is 27.7 Å². The van der Waals surface area contributed by atoms with E-state index in [9.17, 15) is 15.1 Å². The average Bonchev–Trinajstić information content (AvgIpc) is 2.95. The van der Waals surface area contributed by atoms with Crippen molar-refractivity contribution < 1.29 is 19.8 Å². The maximum atomic E-state index is 12.1. The molecular weight excluding hydrogens is 330 g/mol. The van der Waals surface area contributed by atoms with Crippen molar-refractivity contribution in [1.29, 1.82) is 0 Å². The minimum atomic E-state index is -1.47. The lowest BCUT2D eigenvalue weighted by molar-refractivity contribution is -0.153. The zero-order chi connectivity index (χ0) is 19.3. The molecule has 0 aliphatic carbocycles. The lowest BCUT2D eigenvalue weighted by Gasteiger charge is -2.12. The second-order valence-electron chi connectivity index (χ2n) is 5.62. The molecule has 5 heteroatoms. The van der Waals surface area contributed by atoms with Gasteiger partial charge in [-0.25, -0.2) is 4.79 Å². The number of hydrogen-bond acceptors (Lipinski definition) is 4. The SMILES string of the molecule is CC.CCOC(=O)C(O)c1c(-c2ccccc2)n(O)c2cc(C)ccc12. The summed E-state index contributed by atoms with van der Waals surface area (Å²) in [6.07, 6.45) is -1.47. The predicted molar refractivity (Wildman–Crippen MR) is 102 cm³/mol. The highest BCUT2D eigenvalue weighted by Gasteiger charge is 2.29. The molecule has 138 valence electrons. The number of hydrogen-bond donors (Lipinski definition) is 2. The van der Waals surface area contributed by atoms with E-state index in [2.05, 4.69) is 0 Å². The highest BCUT2D eigenvalue weighted by molar-refractivity contribution is 5.96. The van der Waals surface area contributed by atoms with Crippen LogP contribution in [-0.2, 0) is 9.53 Å². The molecule has 0 radical (unpaired) electrons. The number of fused-ring (bicyclic) bond motifs is 1. The van der Waals surface area contributed by atoms with Gasteiger partial charge in [0.05, 0.1) is 17.8 Å². The monoisotopic (exact) mass is 355 g/mol. The van der Waals surface area contributed by atoms with Crippen molar-refractivity contribution in [2.75, 3.05) is 6.61 Å². The number of aromatic nitrogens is 1. The van der Waals surface area contributed by atoms with Gasteiger partial charge in [-0.05, 0) is 25.5 Å². The first-order valence-electron chi connectivity index (χ1n) is 8.79. The van der Waals surface area contributed by atoms with Crippen LogP contribution >= 0.6 is 0 Å². The number of aliphatic hydroxyl groups is 1. The first kappa shape index (κ1) is 19.5. The van der Waals surface area contributed by atoms with Gasteiger partial charge in [0, 0.05) is 16.5 Å². The van der Waals surface area contributed by atoms with Crippen LogP contribution in [-0.4, -0.2) is 27.6 Å². The van der Waals surface area contributed by atoms with Crippen LogP contribution in [0.1, 0.15) is 38.0 Å². The minimum Gasteiger partial charge on any atom is -0.464 e. The smallest absolute Gasteiger partial charge is 0.339 e. The summed E-state index contributed by atoms with van der Waals surface area (Å²) >= 11 is 0. The molecule has 0 bridgehead atoms. The summed E-state index contributed by atoms with van der Waals surface area (Å²) in [5, 5.41) is 21.8. The Bertz CT molecular complexity index is 884. The molecule has 3 rings (SSSR count). The maximum absolute atomic E-state index is 12.1. The number of rotatable bonds is 4. The first-order valence-corrected chi connectivity index (χ1v) is 8.79. The molecule has 0 amide bonds. The number of nitrogens with zero attached hydrogens (tertiary/aromatic N) is 1. The van der Waals surface area contributed by atoms with E-state index >= 15 is 0 Å². The van der Waals surface area contributed by atoms with Gasteiger partial charge in [-0.3, -0.25) is 0 Å². The third-order valence-corrected chi connectivity index (χ3v) is 3.97. The number of carbonyl (C=O) groups excluding carboxylic acids is 1. The third-order valence-electron chi connectivity index (χ3n) is 3.97. The maximum Gasteiger partial charge on any atom is 0.339 e. The Hall–Kier alpha value is -2.79. The Morgan fingerprint density at radius 1 is 1.15 bits per heavy atom. The van der Waals surface area contributed by atoms with Crippen molar-refractivity contribution in [3.05, 3.63) is 59.7 Å². The van der Waals surface area contributed by atoms with Gasteiger partial charge in [-0.1, -0.05) is 56.3 Å².